The summed E-state index contributed by atoms with van der Waals surface area (Å²) < 4.78 is 0.846. The van der Waals surface area contributed by atoms with E-state index in [1.54, 1.807) is 25.5 Å². The fourth-order valence-electron chi connectivity index (χ4n) is 1.54. The average Bonchev–Trinajstić information content (AvgIpc) is 2.41. The van der Waals surface area contributed by atoms with Crippen LogP contribution in [0.1, 0.15) is 10.4 Å². The van der Waals surface area contributed by atoms with Gasteiger partial charge in [-0.25, -0.2) is 0 Å². The van der Waals surface area contributed by atoms with Crippen molar-refractivity contribution in [1.82, 2.24) is 4.98 Å². The zero-order valence-electron chi connectivity index (χ0n) is 9.77. The van der Waals surface area contributed by atoms with Gasteiger partial charge in [0, 0.05) is 17.7 Å². The lowest BCUT2D eigenvalue weighted by Crippen LogP contribution is -2.14. The van der Waals surface area contributed by atoms with Gasteiger partial charge in [0.25, 0.3) is 5.91 Å². The Morgan fingerprint density at radius 1 is 1.22 bits per heavy atom. The van der Waals surface area contributed by atoms with Crippen LogP contribution >= 0.6 is 15.9 Å². The van der Waals surface area contributed by atoms with Gasteiger partial charge < -0.3 is 10.6 Å². The van der Waals surface area contributed by atoms with Gasteiger partial charge in [-0.15, -0.1) is 0 Å². The molecular weight excluding hydrogens is 294 g/mol. The van der Waals surface area contributed by atoms with E-state index in [1.165, 1.54) is 0 Å². The maximum atomic E-state index is 12.1. The number of hydrogen-bond donors (Lipinski definition) is 2. The van der Waals surface area contributed by atoms with E-state index in [4.69, 9.17) is 0 Å². The Kier molecular flexibility index (Phi) is 3.94. The Morgan fingerprint density at radius 2 is 2.00 bits per heavy atom. The standard InChI is InChI=1S/C13H12BrN3O/c1-15-12-8-16-7-6-9(12)13(18)17-11-5-3-2-4-10(11)14/h2-8,15H,1H3,(H,17,18). The summed E-state index contributed by atoms with van der Waals surface area (Å²) in [5.41, 5.74) is 1.99. The van der Waals surface area contributed by atoms with Gasteiger partial charge in [0.1, 0.15) is 0 Å². The highest BCUT2D eigenvalue weighted by Gasteiger charge is 2.11. The molecular formula is C13H12BrN3O. The molecule has 0 aliphatic heterocycles. The van der Waals surface area contributed by atoms with Gasteiger partial charge in [-0.05, 0) is 34.1 Å². The number of aromatic nitrogens is 1. The summed E-state index contributed by atoms with van der Waals surface area (Å²) in [6.45, 7) is 0. The van der Waals surface area contributed by atoms with Crippen LogP contribution in [0.15, 0.2) is 47.2 Å². The van der Waals surface area contributed by atoms with E-state index in [-0.39, 0.29) is 5.91 Å². The normalized spacial score (nSPS) is 9.89. The van der Waals surface area contributed by atoms with Crippen molar-refractivity contribution < 1.29 is 4.79 Å². The van der Waals surface area contributed by atoms with Crippen LogP contribution in [-0.2, 0) is 0 Å². The first-order valence-corrected chi connectivity index (χ1v) is 6.19. The molecule has 0 spiro atoms. The fourth-order valence-corrected chi connectivity index (χ4v) is 1.93. The van der Waals surface area contributed by atoms with Crippen molar-refractivity contribution in [2.45, 2.75) is 0 Å². The fraction of sp³-hybridized carbons (Fsp3) is 0.0769. The molecule has 2 N–H and O–H groups in total. The molecule has 1 aromatic carbocycles. The Morgan fingerprint density at radius 3 is 2.72 bits per heavy atom. The molecule has 1 aromatic heterocycles. The van der Waals surface area contributed by atoms with Gasteiger partial charge in [-0.2, -0.15) is 0 Å². The van der Waals surface area contributed by atoms with E-state index in [9.17, 15) is 4.79 Å². The minimum atomic E-state index is -0.173. The molecule has 2 rings (SSSR count). The van der Waals surface area contributed by atoms with E-state index in [2.05, 4.69) is 31.5 Å². The van der Waals surface area contributed by atoms with Crippen LogP contribution in [0.2, 0.25) is 0 Å². The van der Waals surface area contributed by atoms with E-state index in [1.807, 2.05) is 24.3 Å². The highest BCUT2D eigenvalue weighted by molar-refractivity contribution is 9.10. The van der Waals surface area contributed by atoms with Gasteiger partial charge in [0.2, 0.25) is 0 Å². The van der Waals surface area contributed by atoms with E-state index in [0.29, 0.717) is 11.3 Å². The van der Waals surface area contributed by atoms with Crippen LogP contribution in [0, 0.1) is 0 Å². The number of carbonyl (C=O) groups is 1. The molecule has 0 saturated carbocycles. The third kappa shape index (κ3) is 2.68. The number of nitrogens with one attached hydrogen (secondary N) is 2. The number of rotatable bonds is 3. The quantitative estimate of drug-likeness (QED) is 0.916. The number of amides is 1. The van der Waals surface area contributed by atoms with Crippen LogP contribution in [0.5, 0.6) is 0 Å². The molecule has 92 valence electrons. The molecule has 18 heavy (non-hydrogen) atoms. The van der Waals surface area contributed by atoms with Crippen LogP contribution < -0.4 is 10.6 Å². The molecule has 0 aliphatic carbocycles. The summed E-state index contributed by atoms with van der Waals surface area (Å²) in [4.78, 5) is 16.1. The minimum absolute atomic E-state index is 0.173. The first-order valence-electron chi connectivity index (χ1n) is 5.40. The number of hydrogen-bond acceptors (Lipinski definition) is 3. The lowest BCUT2D eigenvalue weighted by molar-refractivity contribution is 0.102. The predicted molar refractivity (Wildman–Crippen MR) is 75.9 cm³/mol. The molecule has 1 amide bonds. The van der Waals surface area contributed by atoms with Gasteiger partial charge in [-0.3, -0.25) is 9.78 Å². The number of pyridine rings is 1. The maximum absolute atomic E-state index is 12.1. The third-order valence-corrected chi connectivity index (χ3v) is 3.15. The molecule has 5 heteroatoms. The summed E-state index contributed by atoms with van der Waals surface area (Å²) >= 11 is 3.39. The highest BCUT2D eigenvalue weighted by Crippen LogP contribution is 2.23. The van der Waals surface area contributed by atoms with E-state index >= 15 is 0 Å². The molecule has 0 atom stereocenters. The molecule has 0 radical (unpaired) electrons. The summed E-state index contributed by atoms with van der Waals surface area (Å²) in [7, 11) is 1.76. The Labute approximate surface area is 114 Å². The lowest BCUT2D eigenvalue weighted by Gasteiger charge is -2.10. The van der Waals surface area contributed by atoms with E-state index < -0.39 is 0 Å². The topological polar surface area (TPSA) is 54.0 Å². The smallest absolute Gasteiger partial charge is 0.257 e. The number of anilines is 2. The Hall–Kier alpha value is -1.88. The highest BCUT2D eigenvalue weighted by atomic mass is 79.9. The average molecular weight is 306 g/mol. The van der Waals surface area contributed by atoms with Crippen molar-refractivity contribution in [3.05, 3.63) is 52.8 Å². The third-order valence-electron chi connectivity index (χ3n) is 2.46. The van der Waals surface area contributed by atoms with Gasteiger partial charge in [0.05, 0.1) is 23.1 Å². The largest absolute Gasteiger partial charge is 0.386 e. The second-order valence-corrected chi connectivity index (χ2v) is 4.46. The Bertz CT molecular complexity index is 572. The molecule has 0 unspecified atom stereocenters. The van der Waals surface area contributed by atoms with Crippen molar-refractivity contribution >= 4 is 33.2 Å². The molecule has 1 heterocycles. The summed E-state index contributed by atoms with van der Waals surface area (Å²) in [5.74, 6) is -0.173. The summed E-state index contributed by atoms with van der Waals surface area (Å²) in [5, 5.41) is 5.79. The molecule has 4 nitrogen and oxygen atoms in total. The minimum Gasteiger partial charge on any atom is -0.386 e. The van der Waals surface area contributed by atoms with Crippen molar-refractivity contribution in [3.8, 4) is 0 Å². The molecule has 0 bridgehead atoms. The number of para-hydroxylation sites is 1. The molecule has 0 aliphatic rings. The van der Waals surface area contributed by atoms with Crippen molar-refractivity contribution in [2.75, 3.05) is 17.7 Å². The zero-order valence-corrected chi connectivity index (χ0v) is 11.4. The first-order chi connectivity index (χ1) is 8.72. The van der Waals surface area contributed by atoms with Gasteiger partial charge in [0.15, 0.2) is 0 Å². The van der Waals surface area contributed by atoms with Crippen LogP contribution in [0.4, 0.5) is 11.4 Å². The monoisotopic (exact) mass is 305 g/mol. The van der Waals surface area contributed by atoms with Crippen molar-refractivity contribution in [3.63, 3.8) is 0 Å². The zero-order chi connectivity index (χ0) is 13.0. The van der Waals surface area contributed by atoms with Crippen molar-refractivity contribution in [2.24, 2.45) is 0 Å². The van der Waals surface area contributed by atoms with Crippen LogP contribution in [-0.4, -0.2) is 17.9 Å². The second-order valence-electron chi connectivity index (χ2n) is 3.61. The number of halogens is 1. The maximum Gasteiger partial charge on any atom is 0.257 e. The lowest BCUT2D eigenvalue weighted by atomic mass is 10.2. The molecule has 0 fully saturated rings. The SMILES string of the molecule is CNc1cnccc1C(=O)Nc1ccccc1Br. The Balaban J connectivity index is 2.25. The number of nitrogens with zero attached hydrogens (tertiary/aromatic N) is 1. The van der Waals surface area contributed by atoms with Gasteiger partial charge in [-0.1, -0.05) is 12.1 Å². The second kappa shape index (κ2) is 5.64. The van der Waals surface area contributed by atoms with Crippen LogP contribution in [0.3, 0.4) is 0 Å². The van der Waals surface area contributed by atoms with Crippen LogP contribution in [0.25, 0.3) is 0 Å². The predicted octanol–water partition coefficient (Wildman–Crippen LogP) is 3.14. The van der Waals surface area contributed by atoms with Crippen molar-refractivity contribution in [1.29, 1.82) is 0 Å². The molecule has 0 saturated heterocycles. The summed E-state index contributed by atoms with van der Waals surface area (Å²) in [6.07, 6.45) is 3.21. The molecule has 2 aromatic rings. The number of carbonyl (C=O) groups excluding carboxylic acids is 1. The summed E-state index contributed by atoms with van der Waals surface area (Å²) in [6, 6.07) is 9.15. The number of benzene rings is 1. The first kappa shape index (κ1) is 12.6. The van der Waals surface area contributed by atoms with Gasteiger partial charge >= 0.3 is 0 Å². The van der Waals surface area contributed by atoms with E-state index in [0.717, 1.165) is 10.2 Å².